The highest BCUT2D eigenvalue weighted by molar-refractivity contribution is 6.03. The van der Waals surface area contributed by atoms with E-state index in [-0.39, 0.29) is 18.0 Å². The number of nitrogens with zero attached hydrogens (tertiary/aromatic N) is 2. The summed E-state index contributed by atoms with van der Waals surface area (Å²) in [6.07, 6.45) is -3.09. The molecule has 0 saturated carbocycles. The summed E-state index contributed by atoms with van der Waals surface area (Å²) >= 11 is 0. The maximum Gasteiger partial charge on any atom is 0.420 e. The van der Waals surface area contributed by atoms with E-state index in [0.717, 1.165) is 0 Å². The first-order chi connectivity index (χ1) is 9.70. The lowest BCUT2D eigenvalue weighted by Gasteiger charge is -2.36. The molecule has 0 aromatic heterocycles. The smallest absolute Gasteiger partial charge is 0.389 e. The fraction of sp³-hybridized carbons (Fsp3) is 0.615. The molecule has 2 aliphatic heterocycles. The van der Waals surface area contributed by atoms with E-state index in [0.29, 0.717) is 6.61 Å². The normalized spacial score (nSPS) is 26.6. The van der Waals surface area contributed by atoms with E-state index in [1.807, 2.05) is 0 Å². The third-order valence-electron chi connectivity index (χ3n) is 3.40. The minimum absolute atomic E-state index is 0.177. The van der Waals surface area contributed by atoms with Gasteiger partial charge in [-0.1, -0.05) is 0 Å². The molecular formula is C13H18F3N3O2. The highest BCUT2D eigenvalue weighted by Gasteiger charge is 2.49. The summed E-state index contributed by atoms with van der Waals surface area (Å²) < 4.78 is 45.3. The van der Waals surface area contributed by atoms with Crippen LogP contribution in [0.2, 0.25) is 0 Å². The zero-order valence-corrected chi connectivity index (χ0v) is 12.0. The Labute approximate surface area is 120 Å². The van der Waals surface area contributed by atoms with E-state index >= 15 is 0 Å². The van der Waals surface area contributed by atoms with Crippen molar-refractivity contribution in [3.05, 3.63) is 23.4 Å². The first-order valence-electron chi connectivity index (χ1n) is 6.60. The molecule has 0 spiro atoms. The van der Waals surface area contributed by atoms with Gasteiger partial charge in [0.15, 0.2) is 11.5 Å². The van der Waals surface area contributed by atoms with Crippen LogP contribution in [-0.2, 0) is 4.74 Å². The molecule has 0 fully saturated rings. The number of fused-ring (bicyclic) bond motifs is 1. The Balaban J connectivity index is 2.41. The van der Waals surface area contributed by atoms with Crippen LogP contribution in [0.5, 0.6) is 0 Å². The van der Waals surface area contributed by atoms with Crippen molar-refractivity contribution in [1.82, 2.24) is 10.3 Å². The molecule has 5 nitrogen and oxygen atoms in total. The molecule has 0 bridgehead atoms. The van der Waals surface area contributed by atoms with Crippen molar-refractivity contribution in [2.24, 2.45) is 5.10 Å². The molecule has 2 N–H and O–H groups in total. The Morgan fingerprint density at radius 3 is 2.71 bits per heavy atom. The summed E-state index contributed by atoms with van der Waals surface area (Å²) in [5.41, 5.74) is 0.689. The quantitative estimate of drug-likeness (QED) is 0.830. The minimum Gasteiger partial charge on any atom is -0.389 e. The van der Waals surface area contributed by atoms with Gasteiger partial charge in [0.2, 0.25) is 0 Å². The van der Waals surface area contributed by atoms with Gasteiger partial charge in [0, 0.05) is 12.8 Å². The van der Waals surface area contributed by atoms with Crippen molar-refractivity contribution in [3.63, 3.8) is 0 Å². The zero-order valence-electron chi connectivity index (χ0n) is 12.0. The van der Waals surface area contributed by atoms with Gasteiger partial charge in [-0.25, -0.2) is 0 Å². The van der Waals surface area contributed by atoms with Gasteiger partial charge in [-0.15, -0.1) is 0 Å². The fourth-order valence-electron chi connectivity index (χ4n) is 2.33. The predicted molar refractivity (Wildman–Crippen MR) is 71.2 cm³/mol. The number of nitrogens with one attached hydrogen (secondary N) is 1. The van der Waals surface area contributed by atoms with Crippen LogP contribution in [0.25, 0.3) is 0 Å². The second-order valence-corrected chi connectivity index (χ2v) is 5.15. The van der Waals surface area contributed by atoms with Gasteiger partial charge in [0.1, 0.15) is 5.57 Å². The third-order valence-corrected chi connectivity index (χ3v) is 3.40. The molecule has 0 amide bonds. The van der Waals surface area contributed by atoms with Crippen LogP contribution < -0.4 is 5.43 Å². The summed E-state index contributed by atoms with van der Waals surface area (Å²) in [7, 11) is 0. The van der Waals surface area contributed by atoms with Gasteiger partial charge in [0.25, 0.3) is 0 Å². The summed E-state index contributed by atoms with van der Waals surface area (Å²) in [6.45, 7) is 5.42. The summed E-state index contributed by atoms with van der Waals surface area (Å²) in [5, 5.41) is 13.4. The van der Waals surface area contributed by atoms with Crippen LogP contribution in [0, 0.1) is 0 Å². The van der Waals surface area contributed by atoms with Gasteiger partial charge < -0.3 is 14.7 Å². The highest BCUT2D eigenvalue weighted by atomic mass is 19.4. The number of rotatable bonds is 4. The lowest BCUT2D eigenvalue weighted by atomic mass is 9.97. The van der Waals surface area contributed by atoms with Crippen LogP contribution in [0.3, 0.4) is 0 Å². The van der Waals surface area contributed by atoms with Crippen LogP contribution >= 0.6 is 0 Å². The Morgan fingerprint density at radius 1 is 1.52 bits per heavy atom. The van der Waals surface area contributed by atoms with E-state index in [1.165, 1.54) is 24.1 Å². The average molecular weight is 305 g/mol. The molecule has 0 aromatic carbocycles. The van der Waals surface area contributed by atoms with Gasteiger partial charge in [-0.05, 0) is 32.4 Å². The largest absolute Gasteiger partial charge is 0.420 e. The Morgan fingerprint density at radius 2 is 2.19 bits per heavy atom. The van der Waals surface area contributed by atoms with Gasteiger partial charge in [-0.2, -0.15) is 18.3 Å². The van der Waals surface area contributed by atoms with Crippen LogP contribution in [0.4, 0.5) is 13.2 Å². The van der Waals surface area contributed by atoms with Gasteiger partial charge in [-0.3, -0.25) is 5.43 Å². The van der Waals surface area contributed by atoms with E-state index in [4.69, 9.17) is 4.74 Å². The number of aliphatic hydroxyl groups is 1. The molecule has 0 aromatic rings. The number of halogens is 3. The van der Waals surface area contributed by atoms with E-state index in [1.54, 1.807) is 13.8 Å². The van der Waals surface area contributed by atoms with Crippen LogP contribution in [-0.4, -0.2) is 47.0 Å². The monoisotopic (exact) mass is 305 g/mol. The lowest BCUT2D eigenvalue weighted by molar-refractivity contribution is -0.0887. The second kappa shape index (κ2) is 5.34. The number of alkyl halides is 3. The average Bonchev–Trinajstić information content (AvgIpc) is 2.72. The highest BCUT2D eigenvalue weighted by Crippen LogP contribution is 2.38. The Kier molecular flexibility index (Phi) is 4.03. The molecule has 118 valence electrons. The number of aliphatic hydroxyl groups excluding tert-OH is 1. The molecule has 2 aliphatic rings. The Bertz CT molecular complexity index is 511. The number of hydrogen-bond donors (Lipinski definition) is 2. The molecule has 21 heavy (non-hydrogen) atoms. The van der Waals surface area contributed by atoms with Crippen molar-refractivity contribution >= 4 is 5.84 Å². The topological polar surface area (TPSA) is 57.1 Å². The summed E-state index contributed by atoms with van der Waals surface area (Å²) in [4.78, 5) is 1.39. The maximum atomic E-state index is 13.3. The van der Waals surface area contributed by atoms with Crippen LogP contribution in [0.1, 0.15) is 20.8 Å². The first-order valence-corrected chi connectivity index (χ1v) is 6.60. The van der Waals surface area contributed by atoms with Gasteiger partial charge in [0.05, 0.1) is 12.7 Å². The number of hydrazone groups is 1. The number of ether oxygens (including phenoxy) is 1. The minimum atomic E-state index is -4.60. The van der Waals surface area contributed by atoms with E-state index < -0.39 is 23.5 Å². The van der Waals surface area contributed by atoms with Gasteiger partial charge >= 0.3 is 6.18 Å². The molecule has 2 unspecified atom stereocenters. The molecule has 8 heteroatoms. The molecular weight excluding hydrogens is 287 g/mol. The standard InChI is InChI=1S/C13H18F3N3O2/c1-4-21-7-12(3)18-17-11-10(13(14,15)16)9(8(2)20)5-6-19(11)12/h5-6,8,18,20H,4,7H2,1-3H3. The number of amidine groups is 1. The van der Waals surface area contributed by atoms with Crippen molar-refractivity contribution in [2.45, 2.75) is 38.7 Å². The Hall–Kier alpha value is -1.54. The molecule has 0 saturated heterocycles. The molecule has 2 atom stereocenters. The van der Waals surface area contributed by atoms with E-state index in [2.05, 4.69) is 10.5 Å². The maximum absolute atomic E-state index is 13.3. The molecule has 0 aliphatic carbocycles. The lowest BCUT2D eigenvalue weighted by Crippen LogP contribution is -2.54. The first kappa shape index (κ1) is 15.8. The molecule has 0 radical (unpaired) electrons. The SMILES string of the molecule is CCOCC1(C)NN=C2C(C(F)(F)F)=C(C(C)O)C=CN21. The predicted octanol–water partition coefficient (Wildman–Crippen LogP) is 1.72. The van der Waals surface area contributed by atoms with E-state index in [9.17, 15) is 18.3 Å². The van der Waals surface area contributed by atoms with Crippen molar-refractivity contribution in [3.8, 4) is 0 Å². The van der Waals surface area contributed by atoms with Crippen molar-refractivity contribution in [1.29, 1.82) is 0 Å². The fourth-order valence-corrected chi connectivity index (χ4v) is 2.33. The van der Waals surface area contributed by atoms with Crippen molar-refractivity contribution in [2.75, 3.05) is 13.2 Å². The summed E-state index contributed by atoms with van der Waals surface area (Å²) in [5.74, 6) is -0.247. The second-order valence-electron chi connectivity index (χ2n) is 5.15. The summed E-state index contributed by atoms with van der Waals surface area (Å²) in [6, 6.07) is 0. The third kappa shape index (κ3) is 2.77. The van der Waals surface area contributed by atoms with Crippen molar-refractivity contribution < 1.29 is 23.0 Å². The zero-order chi connectivity index (χ0) is 15.8. The van der Waals surface area contributed by atoms with Crippen LogP contribution in [0.15, 0.2) is 28.5 Å². The molecule has 2 rings (SSSR count). The number of hydrogen-bond acceptors (Lipinski definition) is 5. The molecule has 2 heterocycles.